The van der Waals surface area contributed by atoms with Crippen LogP contribution in [0.3, 0.4) is 0 Å². The first kappa shape index (κ1) is 16.6. The molecule has 1 atom stereocenters. The van der Waals surface area contributed by atoms with Gasteiger partial charge in [0.1, 0.15) is 0 Å². The molecule has 0 spiro atoms. The van der Waals surface area contributed by atoms with Gasteiger partial charge in [-0.1, -0.05) is 24.3 Å². The molecule has 6 nitrogen and oxygen atoms in total. The smallest absolute Gasteiger partial charge is 0.274 e. The number of allylic oxidation sites excluding steroid dienone is 1. The number of rotatable bonds is 4. The van der Waals surface area contributed by atoms with Crippen LogP contribution in [-0.2, 0) is 17.0 Å². The van der Waals surface area contributed by atoms with Crippen LogP contribution in [0.1, 0.15) is 10.4 Å². The number of carbonyl (C=O) groups is 1. The minimum atomic E-state index is -1.50. The van der Waals surface area contributed by atoms with Gasteiger partial charge in [-0.05, 0) is 33.8 Å². The Kier molecular flexibility index (Phi) is 4.14. The van der Waals surface area contributed by atoms with Crippen LogP contribution in [0.15, 0.2) is 63.8 Å². The largest absolute Gasteiger partial charge is 0.502 e. The minimum Gasteiger partial charge on any atom is -0.502 e. The van der Waals surface area contributed by atoms with Crippen LogP contribution in [-0.4, -0.2) is 22.3 Å². The topological polar surface area (TPSA) is 94.0 Å². The Labute approximate surface area is 157 Å². The summed E-state index contributed by atoms with van der Waals surface area (Å²) < 4.78 is 1.16. The standard InChI is InChI=1S/C18H15N3O3S2/c22-13-9-20-18(21-16(13)23,15-6-3-7-25-15)17(24)19-8-11-10-26-14-5-2-1-4-12(11)14/h1-7,9-10,21-23H,8H2,(H,19,24). The highest BCUT2D eigenvalue weighted by Crippen LogP contribution is 2.31. The van der Waals surface area contributed by atoms with Crippen molar-refractivity contribution >= 4 is 44.9 Å². The van der Waals surface area contributed by atoms with Crippen LogP contribution >= 0.6 is 22.7 Å². The molecule has 0 fully saturated rings. The van der Waals surface area contributed by atoms with Gasteiger partial charge in [0, 0.05) is 11.2 Å². The van der Waals surface area contributed by atoms with Crippen molar-refractivity contribution in [2.24, 2.45) is 4.99 Å². The van der Waals surface area contributed by atoms with E-state index in [-0.39, 0.29) is 0 Å². The molecule has 4 rings (SSSR count). The van der Waals surface area contributed by atoms with Crippen LogP contribution in [0.5, 0.6) is 0 Å². The molecule has 0 bridgehead atoms. The van der Waals surface area contributed by atoms with E-state index < -0.39 is 23.2 Å². The first-order valence-electron chi connectivity index (χ1n) is 7.83. The number of aliphatic hydroxyl groups is 2. The first-order chi connectivity index (χ1) is 12.6. The number of fused-ring (bicyclic) bond motifs is 1. The third kappa shape index (κ3) is 2.73. The Bertz CT molecular complexity index is 1020. The fourth-order valence-corrected chi connectivity index (χ4v) is 4.59. The number of benzene rings is 1. The average Bonchev–Trinajstić information content (AvgIpc) is 3.32. The van der Waals surface area contributed by atoms with Gasteiger partial charge in [-0.3, -0.25) is 4.79 Å². The summed E-state index contributed by atoms with van der Waals surface area (Å²) in [7, 11) is 0. The lowest BCUT2D eigenvalue weighted by molar-refractivity contribution is -0.128. The Morgan fingerprint density at radius 1 is 1.19 bits per heavy atom. The number of hydrogen-bond donors (Lipinski definition) is 4. The van der Waals surface area contributed by atoms with Gasteiger partial charge < -0.3 is 20.8 Å². The van der Waals surface area contributed by atoms with Gasteiger partial charge >= 0.3 is 0 Å². The van der Waals surface area contributed by atoms with Crippen molar-refractivity contribution in [1.82, 2.24) is 10.6 Å². The van der Waals surface area contributed by atoms with Gasteiger partial charge in [-0.15, -0.1) is 22.7 Å². The summed E-state index contributed by atoms with van der Waals surface area (Å²) in [4.78, 5) is 17.8. The molecule has 1 aliphatic rings. The molecule has 132 valence electrons. The van der Waals surface area contributed by atoms with E-state index in [0.29, 0.717) is 11.4 Å². The molecule has 0 aliphatic carbocycles. The Morgan fingerprint density at radius 3 is 2.81 bits per heavy atom. The summed E-state index contributed by atoms with van der Waals surface area (Å²) in [6.07, 6.45) is 1.09. The van der Waals surface area contributed by atoms with Crippen molar-refractivity contribution in [2.75, 3.05) is 0 Å². The van der Waals surface area contributed by atoms with Gasteiger partial charge in [0.15, 0.2) is 5.76 Å². The van der Waals surface area contributed by atoms with Gasteiger partial charge in [0.25, 0.3) is 5.91 Å². The third-order valence-corrected chi connectivity index (χ3v) is 6.12. The number of carbonyl (C=O) groups excluding carboxylic acids is 1. The summed E-state index contributed by atoms with van der Waals surface area (Å²) in [5.74, 6) is -1.30. The number of aliphatic imine (C=N–C) groups is 1. The number of nitrogens with zero attached hydrogens (tertiary/aromatic N) is 1. The molecule has 1 amide bonds. The molecule has 8 heteroatoms. The zero-order valence-electron chi connectivity index (χ0n) is 13.5. The molecule has 1 aliphatic heterocycles. The van der Waals surface area contributed by atoms with E-state index in [1.165, 1.54) is 11.3 Å². The van der Waals surface area contributed by atoms with Crippen LogP contribution < -0.4 is 10.6 Å². The van der Waals surface area contributed by atoms with Crippen molar-refractivity contribution in [3.63, 3.8) is 0 Å². The second kappa shape index (κ2) is 6.47. The maximum Gasteiger partial charge on any atom is 0.274 e. The van der Waals surface area contributed by atoms with Crippen molar-refractivity contribution in [1.29, 1.82) is 0 Å². The summed E-state index contributed by atoms with van der Waals surface area (Å²) in [6, 6.07) is 11.6. The highest BCUT2D eigenvalue weighted by molar-refractivity contribution is 7.17. The van der Waals surface area contributed by atoms with Crippen molar-refractivity contribution in [3.8, 4) is 0 Å². The van der Waals surface area contributed by atoms with Crippen LogP contribution in [0.25, 0.3) is 10.1 Å². The molecule has 0 radical (unpaired) electrons. The molecule has 3 heterocycles. The van der Waals surface area contributed by atoms with Gasteiger partial charge in [0.05, 0.1) is 11.1 Å². The lowest BCUT2D eigenvalue weighted by atomic mass is 10.1. The van der Waals surface area contributed by atoms with Gasteiger partial charge in [-0.25, -0.2) is 4.99 Å². The molecule has 0 saturated heterocycles. The number of amides is 1. The van der Waals surface area contributed by atoms with Crippen LogP contribution in [0, 0.1) is 0 Å². The molecular formula is C18H15N3O3S2. The maximum absolute atomic E-state index is 13.0. The molecule has 26 heavy (non-hydrogen) atoms. The predicted octanol–water partition coefficient (Wildman–Crippen LogP) is 3.39. The number of aliphatic hydroxyl groups excluding tert-OH is 2. The number of thiophene rings is 2. The van der Waals surface area contributed by atoms with Gasteiger partial charge in [-0.2, -0.15) is 0 Å². The second-order valence-electron chi connectivity index (χ2n) is 5.74. The van der Waals surface area contributed by atoms with Crippen LogP contribution in [0.2, 0.25) is 0 Å². The molecule has 1 unspecified atom stereocenters. The molecule has 4 N–H and O–H groups in total. The van der Waals surface area contributed by atoms with E-state index in [9.17, 15) is 15.0 Å². The molecular weight excluding hydrogens is 370 g/mol. The zero-order chi connectivity index (χ0) is 18.1. The molecule has 2 aromatic heterocycles. The Balaban J connectivity index is 1.61. The average molecular weight is 385 g/mol. The van der Waals surface area contributed by atoms with E-state index >= 15 is 0 Å². The predicted molar refractivity (Wildman–Crippen MR) is 104 cm³/mol. The van der Waals surface area contributed by atoms with E-state index in [1.54, 1.807) is 23.5 Å². The summed E-state index contributed by atoms with van der Waals surface area (Å²) in [5, 5.41) is 30.0. The lowest BCUT2D eigenvalue weighted by Crippen LogP contribution is -2.53. The van der Waals surface area contributed by atoms with E-state index in [2.05, 4.69) is 15.6 Å². The Morgan fingerprint density at radius 2 is 2.04 bits per heavy atom. The molecule has 3 aromatic rings. The number of hydrogen-bond acceptors (Lipinski definition) is 7. The van der Waals surface area contributed by atoms with Crippen molar-refractivity contribution in [3.05, 3.63) is 69.2 Å². The van der Waals surface area contributed by atoms with Gasteiger partial charge in [0.2, 0.25) is 11.5 Å². The molecule has 0 saturated carbocycles. The SMILES string of the molecule is O=C(NCc1csc2ccccc12)C1(c2cccs2)N=CC(O)=C(O)N1. The quantitative estimate of drug-likeness (QED) is 0.554. The van der Waals surface area contributed by atoms with Crippen LogP contribution in [0.4, 0.5) is 0 Å². The summed E-state index contributed by atoms with van der Waals surface area (Å²) >= 11 is 2.96. The normalized spacial score (nSPS) is 19.5. The maximum atomic E-state index is 13.0. The van der Waals surface area contributed by atoms with Crippen molar-refractivity contribution in [2.45, 2.75) is 12.2 Å². The highest BCUT2D eigenvalue weighted by atomic mass is 32.1. The fourth-order valence-electron chi connectivity index (χ4n) is 2.80. The lowest BCUT2D eigenvalue weighted by Gasteiger charge is -2.31. The highest BCUT2D eigenvalue weighted by Gasteiger charge is 2.43. The zero-order valence-corrected chi connectivity index (χ0v) is 15.1. The minimum absolute atomic E-state index is 0.337. The van der Waals surface area contributed by atoms with E-state index in [0.717, 1.165) is 21.9 Å². The van der Waals surface area contributed by atoms with E-state index in [4.69, 9.17) is 0 Å². The summed E-state index contributed by atoms with van der Waals surface area (Å²) in [5.41, 5.74) is -0.487. The van der Waals surface area contributed by atoms with Crippen molar-refractivity contribution < 1.29 is 15.0 Å². The fraction of sp³-hybridized carbons (Fsp3) is 0.111. The van der Waals surface area contributed by atoms with E-state index in [1.807, 2.05) is 35.0 Å². The Hall–Kier alpha value is -2.84. The number of nitrogens with one attached hydrogen (secondary N) is 2. The second-order valence-corrected chi connectivity index (χ2v) is 7.60. The first-order valence-corrected chi connectivity index (χ1v) is 9.59. The summed E-state index contributed by atoms with van der Waals surface area (Å²) in [6.45, 7) is 0.337. The monoisotopic (exact) mass is 385 g/mol. The third-order valence-electron chi connectivity index (χ3n) is 4.13. The molecule has 1 aromatic carbocycles.